The second-order valence-electron chi connectivity index (χ2n) is 10.7. The minimum Gasteiger partial charge on any atom is -0.390 e. The van der Waals surface area contributed by atoms with Crippen molar-refractivity contribution in [2.24, 2.45) is 24.8 Å². The van der Waals surface area contributed by atoms with Crippen molar-refractivity contribution in [1.29, 1.82) is 0 Å². The van der Waals surface area contributed by atoms with E-state index in [0.29, 0.717) is 34.9 Å². The Kier molecular flexibility index (Phi) is 5.75. The van der Waals surface area contributed by atoms with E-state index in [1.807, 2.05) is 19.0 Å². The number of sulfone groups is 1. The quantitative estimate of drug-likeness (QED) is 0.650. The minimum absolute atomic E-state index is 0.106. The predicted molar refractivity (Wildman–Crippen MR) is 129 cm³/mol. The number of nitrogens with zero attached hydrogens (tertiary/aromatic N) is 3. The third-order valence-corrected chi connectivity index (χ3v) is 9.43. The number of aromatic nitrogens is 2. The van der Waals surface area contributed by atoms with Crippen molar-refractivity contribution in [3.63, 3.8) is 0 Å². The maximum Gasteiger partial charge on any atom is 0.272 e. The summed E-state index contributed by atoms with van der Waals surface area (Å²) in [4.78, 5) is 15.5. The molecule has 0 radical (unpaired) electrons. The third kappa shape index (κ3) is 4.24. The molecule has 0 spiro atoms. The Bertz CT molecular complexity index is 1190. The van der Waals surface area contributed by atoms with Gasteiger partial charge in [0.25, 0.3) is 5.91 Å². The van der Waals surface area contributed by atoms with E-state index in [2.05, 4.69) is 10.4 Å². The molecule has 2 aromatic rings. The average molecular weight is 487 g/mol. The van der Waals surface area contributed by atoms with Crippen LogP contribution >= 0.6 is 0 Å². The lowest BCUT2D eigenvalue weighted by atomic mass is 9.75. The standard InChI is InChI=1S/C25H34N4O4S/c1-28(15-16-6-8-20(9-7-16)34(3,32)33)22-13-21(27-29(22)2)24(30)26-23-17-5-4-10-25(31)14-18(23)12-19(25)11-17/h6-9,13,17-19,23,31H,4-5,10-12,14-15H2,1-3H3,(H,26,30)/t17?,18?,19?,23-,25+/m0/s1. The fraction of sp³-hybridized carbons (Fsp3) is 0.600. The van der Waals surface area contributed by atoms with Crippen molar-refractivity contribution in [2.75, 3.05) is 18.2 Å². The zero-order chi connectivity index (χ0) is 24.3. The molecule has 2 N–H and O–H groups in total. The number of fused-ring (bicyclic) bond motifs is 2. The van der Waals surface area contributed by atoms with Crippen molar-refractivity contribution in [1.82, 2.24) is 15.1 Å². The number of carbonyl (C=O) groups excluding carboxylic acids is 1. The number of amides is 1. The second kappa shape index (κ2) is 8.37. The highest BCUT2D eigenvalue weighted by atomic mass is 32.2. The third-order valence-electron chi connectivity index (χ3n) is 8.30. The van der Waals surface area contributed by atoms with Gasteiger partial charge >= 0.3 is 0 Å². The zero-order valence-corrected chi connectivity index (χ0v) is 20.9. The molecule has 3 unspecified atom stereocenters. The maximum absolute atomic E-state index is 13.2. The van der Waals surface area contributed by atoms with E-state index in [1.165, 1.54) is 6.26 Å². The van der Waals surface area contributed by atoms with E-state index in [1.54, 1.807) is 35.0 Å². The number of carbonyl (C=O) groups is 1. The topological polar surface area (TPSA) is 105 Å². The molecule has 3 saturated carbocycles. The molecule has 1 amide bonds. The normalized spacial score (nSPS) is 30.2. The highest BCUT2D eigenvalue weighted by Crippen LogP contribution is 2.55. The number of rotatable bonds is 6. The molecule has 1 heterocycles. The van der Waals surface area contributed by atoms with Crippen LogP contribution in [0.4, 0.5) is 5.82 Å². The van der Waals surface area contributed by atoms with Crippen LogP contribution < -0.4 is 10.2 Å². The molecule has 34 heavy (non-hydrogen) atoms. The fourth-order valence-corrected chi connectivity index (χ4v) is 7.26. The molecule has 9 heteroatoms. The first-order valence-electron chi connectivity index (χ1n) is 12.1. The van der Waals surface area contributed by atoms with Gasteiger partial charge in [0, 0.05) is 39.0 Å². The molecule has 0 saturated heterocycles. The summed E-state index contributed by atoms with van der Waals surface area (Å²) in [5.41, 5.74) is 0.826. The Balaban J connectivity index is 1.27. The van der Waals surface area contributed by atoms with Gasteiger partial charge in [-0.05, 0) is 67.6 Å². The number of hydrogen-bond donors (Lipinski definition) is 2. The SMILES string of the molecule is CN(Cc1ccc(S(C)(=O)=O)cc1)c1cc(C(=O)N[C@H]2C3CCC[C@@]4(O)CC2CC4C3)nn1C. The Labute approximate surface area is 201 Å². The monoisotopic (exact) mass is 486 g/mol. The van der Waals surface area contributed by atoms with Crippen molar-refractivity contribution in [2.45, 2.75) is 61.6 Å². The van der Waals surface area contributed by atoms with Crippen LogP contribution in [0.1, 0.15) is 54.6 Å². The first kappa shape index (κ1) is 23.4. The second-order valence-corrected chi connectivity index (χ2v) is 12.7. The summed E-state index contributed by atoms with van der Waals surface area (Å²) in [5.74, 6) is 1.81. The summed E-state index contributed by atoms with van der Waals surface area (Å²) in [6, 6.07) is 8.75. The Hall–Kier alpha value is -2.39. The molecule has 3 aliphatic rings. The van der Waals surface area contributed by atoms with Gasteiger partial charge in [0.15, 0.2) is 15.5 Å². The maximum atomic E-state index is 13.2. The summed E-state index contributed by atoms with van der Waals surface area (Å²) in [5, 5.41) is 18.8. The summed E-state index contributed by atoms with van der Waals surface area (Å²) in [7, 11) is 0.517. The van der Waals surface area contributed by atoms with Crippen LogP contribution in [0, 0.1) is 17.8 Å². The van der Waals surface area contributed by atoms with E-state index in [4.69, 9.17) is 0 Å². The van der Waals surface area contributed by atoms with Crippen LogP contribution in [0.5, 0.6) is 0 Å². The minimum atomic E-state index is -3.22. The zero-order valence-electron chi connectivity index (χ0n) is 20.1. The first-order valence-corrected chi connectivity index (χ1v) is 14.0. The van der Waals surface area contributed by atoms with Gasteiger partial charge in [-0.1, -0.05) is 18.6 Å². The first-order chi connectivity index (χ1) is 16.0. The molecule has 3 aliphatic carbocycles. The number of aliphatic hydroxyl groups is 1. The fourth-order valence-electron chi connectivity index (χ4n) is 6.63. The summed E-state index contributed by atoms with van der Waals surface area (Å²) < 4.78 is 25.1. The number of aryl methyl sites for hydroxylation is 1. The van der Waals surface area contributed by atoms with Crippen molar-refractivity contribution >= 4 is 21.6 Å². The lowest BCUT2D eigenvalue weighted by molar-refractivity contribution is -0.00376. The molecular weight excluding hydrogens is 452 g/mol. The van der Waals surface area contributed by atoms with Crippen LogP contribution in [-0.2, 0) is 23.4 Å². The van der Waals surface area contributed by atoms with E-state index in [-0.39, 0.29) is 11.9 Å². The summed E-state index contributed by atoms with van der Waals surface area (Å²) >= 11 is 0. The van der Waals surface area contributed by atoms with Gasteiger partial charge in [0.1, 0.15) is 5.82 Å². The molecule has 0 aliphatic heterocycles. The Morgan fingerprint density at radius 3 is 2.68 bits per heavy atom. The van der Waals surface area contributed by atoms with E-state index >= 15 is 0 Å². The van der Waals surface area contributed by atoms with Gasteiger partial charge in [-0.25, -0.2) is 8.42 Å². The number of anilines is 1. The van der Waals surface area contributed by atoms with Gasteiger partial charge < -0.3 is 15.3 Å². The average Bonchev–Trinajstić information content (AvgIpc) is 3.24. The highest BCUT2D eigenvalue weighted by Gasteiger charge is 2.55. The van der Waals surface area contributed by atoms with Crippen LogP contribution in [0.25, 0.3) is 0 Å². The van der Waals surface area contributed by atoms with Crippen molar-refractivity contribution in [3.8, 4) is 0 Å². The van der Waals surface area contributed by atoms with Gasteiger partial charge in [0.05, 0.1) is 10.5 Å². The lowest BCUT2D eigenvalue weighted by Gasteiger charge is -2.36. The lowest BCUT2D eigenvalue weighted by Crippen LogP contribution is -2.47. The molecule has 3 bridgehead atoms. The molecule has 5 rings (SSSR count). The molecule has 3 fully saturated rings. The van der Waals surface area contributed by atoms with Gasteiger partial charge in [0.2, 0.25) is 0 Å². The highest BCUT2D eigenvalue weighted by molar-refractivity contribution is 7.90. The molecule has 184 valence electrons. The summed E-state index contributed by atoms with van der Waals surface area (Å²) in [6.45, 7) is 0.553. The van der Waals surface area contributed by atoms with Crippen molar-refractivity contribution in [3.05, 3.63) is 41.6 Å². The summed E-state index contributed by atoms with van der Waals surface area (Å²) in [6.07, 6.45) is 7.00. The van der Waals surface area contributed by atoms with Crippen LogP contribution in [-0.4, -0.2) is 54.2 Å². The van der Waals surface area contributed by atoms with E-state index in [9.17, 15) is 18.3 Å². The smallest absolute Gasteiger partial charge is 0.272 e. The number of benzene rings is 1. The van der Waals surface area contributed by atoms with Gasteiger partial charge in [-0.15, -0.1) is 0 Å². The van der Waals surface area contributed by atoms with Crippen LogP contribution in [0.3, 0.4) is 0 Å². The largest absolute Gasteiger partial charge is 0.390 e. The van der Waals surface area contributed by atoms with E-state index in [0.717, 1.165) is 49.9 Å². The van der Waals surface area contributed by atoms with Crippen LogP contribution in [0.15, 0.2) is 35.2 Å². The Morgan fingerprint density at radius 2 is 1.97 bits per heavy atom. The molecule has 8 nitrogen and oxygen atoms in total. The van der Waals surface area contributed by atoms with Gasteiger partial charge in [-0.3, -0.25) is 9.48 Å². The number of nitrogens with one attached hydrogen (secondary N) is 1. The van der Waals surface area contributed by atoms with E-state index < -0.39 is 15.4 Å². The van der Waals surface area contributed by atoms with Crippen molar-refractivity contribution < 1.29 is 18.3 Å². The van der Waals surface area contributed by atoms with Gasteiger partial charge in [-0.2, -0.15) is 5.10 Å². The molecular formula is C25H34N4O4S. The molecule has 5 atom stereocenters. The number of hydrogen-bond acceptors (Lipinski definition) is 6. The Morgan fingerprint density at radius 1 is 1.26 bits per heavy atom. The molecule has 1 aromatic heterocycles. The predicted octanol–water partition coefficient (Wildman–Crippen LogP) is 2.52. The van der Waals surface area contributed by atoms with Crippen LogP contribution in [0.2, 0.25) is 0 Å². The molecule has 1 aromatic carbocycles.